The fourth-order valence-corrected chi connectivity index (χ4v) is 5.15. The third-order valence-electron chi connectivity index (χ3n) is 5.04. The van der Waals surface area contributed by atoms with Gasteiger partial charge in [-0.2, -0.15) is 9.78 Å². The fraction of sp³-hybridized carbons (Fsp3) is 0.263. The van der Waals surface area contributed by atoms with Gasteiger partial charge < -0.3 is 14.9 Å². The van der Waals surface area contributed by atoms with Gasteiger partial charge in [-0.15, -0.1) is 0 Å². The number of ether oxygens (including phenoxy) is 1. The number of aromatic hydroxyl groups is 1. The zero-order valence-electron chi connectivity index (χ0n) is 17.7. The van der Waals surface area contributed by atoms with Crippen LogP contribution in [0.2, 0.25) is 10.0 Å². The number of aliphatic hydroxyl groups excluding tert-OH is 1. The van der Waals surface area contributed by atoms with Crippen LogP contribution >= 0.6 is 23.2 Å². The van der Waals surface area contributed by atoms with E-state index >= 15 is 0 Å². The van der Waals surface area contributed by atoms with Crippen LogP contribution in [0.25, 0.3) is 5.69 Å². The van der Waals surface area contributed by atoms with Crippen LogP contribution in [0.4, 0.5) is 8.78 Å². The Bertz CT molecular complexity index is 1540. The lowest BCUT2D eigenvalue weighted by molar-refractivity contribution is 0.0712. The molecule has 1 aliphatic rings. The van der Waals surface area contributed by atoms with Crippen molar-refractivity contribution >= 4 is 33.2 Å². The zero-order chi connectivity index (χ0) is 26.4. The molecule has 1 fully saturated rings. The third-order valence-corrected chi connectivity index (χ3v) is 7.15. The molecule has 0 bridgehead atoms. The molecule has 3 aromatic rings. The minimum atomic E-state index is -4.21. The van der Waals surface area contributed by atoms with Crippen LogP contribution in [-0.4, -0.2) is 50.5 Å². The van der Waals surface area contributed by atoms with E-state index in [0.29, 0.717) is 4.68 Å². The number of halogens is 4. The molecule has 36 heavy (non-hydrogen) atoms. The zero-order valence-corrected chi connectivity index (χ0v) is 20.0. The van der Waals surface area contributed by atoms with E-state index in [0.717, 1.165) is 24.4 Å². The maximum atomic E-state index is 13.0. The van der Waals surface area contributed by atoms with Gasteiger partial charge in [-0.25, -0.2) is 31.7 Å². The van der Waals surface area contributed by atoms with Crippen molar-refractivity contribution in [3.63, 3.8) is 0 Å². The molecule has 17 heteroatoms. The van der Waals surface area contributed by atoms with E-state index in [1.807, 2.05) is 0 Å². The Hall–Kier alpha value is -3.11. The Kier molecular flexibility index (Phi) is 7.03. The number of hydrogen-bond acceptors (Lipinski definition) is 9. The predicted molar refractivity (Wildman–Crippen MR) is 121 cm³/mol. The van der Waals surface area contributed by atoms with Gasteiger partial charge in [0.25, 0.3) is 12.0 Å². The largest absolute Gasteiger partial charge is 0.505 e. The number of sulfonamides is 1. The second-order valence-electron chi connectivity index (χ2n) is 7.63. The van der Waals surface area contributed by atoms with Crippen molar-refractivity contribution in [1.82, 2.24) is 24.5 Å². The molecule has 1 aromatic carbocycles. The van der Waals surface area contributed by atoms with Crippen LogP contribution in [0.15, 0.2) is 38.9 Å². The molecule has 0 saturated heterocycles. The van der Waals surface area contributed by atoms with Crippen molar-refractivity contribution in [3.05, 3.63) is 61.0 Å². The van der Waals surface area contributed by atoms with Gasteiger partial charge in [0.15, 0.2) is 17.2 Å². The van der Waals surface area contributed by atoms with Gasteiger partial charge in [0.2, 0.25) is 15.9 Å². The van der Waals surface area contributed by atoms with E-state index in [1.54, 1.807) is 4.98 Å². The molecule has 1 saturated carbocycles. The highest BCUT2D eigenvalue weighted by atomic mass is 35.5. The summed E-state index contributed by atoms with van der Waals surface area (Å²) in [5.74, 6) is -1.25. The summed E-state index contributed by atoms with van der Waals surface area (Å²) in [5.41, 5.74) is -3.87. The van der Waals surface area contributed by atoms with Crippen molar-refractivity contribution in [3.8, 4) is 23.1 Å². The molecule has 1 aliphatic carbocycles. The minimum absolute atomic E-state index is 0.186. The molecule has 2 heterocycles. The number of H-pyrrole nitrogens is 1. The topological polar surface area (TPSA) is 176 Å². The highest BCUT2D eigenvalue weighted by molar-refractivity contribution is 7.89. The number of rotatable bonds is 7. The maximum absolute atomic E-state index is 13.0. The number of aromatic nitrogens is 4. The van der Waals surface area contributed by atoms with Gasteiger partial charge in [-0.05, 0) is 25.0 Å². The Labute approximate surface area is 210 Å². The maximum Gasteiger partial charge on any atom is 0.349 e. The van der Waals surface area contributed by atoms with E-state index in [2.05, 4.69) is 14.8 Å². The molecule has 0 amide bonds. The van der Waals surface area contributed by atoms with E-state index < -0.39 is 56.2 Å². The van der Waals surface area contributed by atoms with Gasteiger partial charge in [-0.1, -0.05) is 23.2 Å². The quantitative estimate of drug-likeness (QED) is 0.333. The molecule has 0 unspecified atom stereocenters. The lowest BCUT2D eigenvalue weighted by Crippen LogP contribution is -2.46. The summed E-state index contributed by atoms with van der Waals surface area (Å²) in [5, 5.41) is 22.2. The van der Waals surface area contributed by atoms with Gasteiger partial charge in [0.05, 0.1) is 28.0 Å². The van der Waals surface area contributed by atoms with E-state index in [9.17, 15) is 37.0 Å². The monoisotopic (exact) mass is 565 g/mol. The number of benzene rings is 1. The van der Waals surface area contributed by atoms with Crippen molar-refractivity contribution < 1.29 is 32.1 Å². The molecule has 2 aromatic heterocycles. The average Bonchev–Trinajstić information content (AvgIpc) is 2.75. The van der Waals surface area contributed by atoms with Crippen LogP contribution in [-0.2, 0) is 10.0 Å². The fourth-order valence-electron chi connectivity index (χ4n) is 3.25. The molecule has 0 spiro atoms. The smallest absolute Gasteiger partial charge is 0.349 e. The summed E-state index contributed by atoms with van der Waals surface area (Å²) in [6.45, 7) is 0. The highest BCUT2D eigenvalue weighted by Gasteiger charge is 2.32. The Morgan fingerprint density at radius 1 is 1.19 bits per heavy atom. The number of hydrogen-bond donors (Lipinski definition) is 4. The summed E-state index contributed by atoms with van der Waals surface area (Å²) >= 11 is 12.4. The summed E-state index contributed by atoms with van der Waals surface area (Å²) in [6.07, 6.45) is -2.61. The molecular formula is C19H15Cl2F2N5O7S. The van der Waals surface area contributed by atoms with Crippen molar-refractivity contribution in [1.29, 1.82) is 0 Å². The number of aliphatic hydroxyl groups is 1. The number of nitrogens with zero attached hydrogens (tertiary/aromatic N) is 3. The van der Waals surface area contributed by atoms with Gasteiger partial charge in [0.1, 0.15) is 4.90 Å². The molecule has 0 aliphatic heterocycles. The van der Waals surface area contributed by atoms with Crippen LogP contribution in [0.1, 0.15) is 25.0 Å². The first kappa shape index (κ1) is 26.0. The van der Waals surface area contributed by atoms with Crippen molar-refractivity contribution in [2.24, 2.45) is 0 Å². The number of aromatic amines is 1. The van der Waals surface area contributed by atoms with Crippen LogP contribution in [0, 0.1) is 0 Å². The summed E-state index contributed by atoms with van der Waals surface area (Å²) < 4.78 is 59.6. The van der Waals surface area contributed by atoms with Crippen LogP contribution in [0.3, 0.4) is 0 Å². The second-order valence-corrected chi connectivity index (χ2v) is 10.1. The van der Waals surface area contributed by atoms with E-state index in [1.165, 1.54) is 0 Å². The van der Waals surface area contributed by atoms with E-state index in [-0.39, 0.29) is 40.2 Å². The number of alkyl halides is 2. The Morgan fingerprint density at radius 2 is 1.83 bits per heavy atom. The average molecular weight is 566 g/mol. The lowest BCUT2D eigenvalue weighted by atomic mass is 9.91. The molecule has 192 valence electrons. The summed E-state index contributed by atoms with van der Waals surface area (Å²) in [6, 6.07) is 2.56. The third kappa shape index (κ3) is 5.19. The van der Waals surface area contributed by atoms with Gasteiger partial charge >= 0.3 is 5.69 Å². The molecular weight excluding hydrogens is 551 g/mol. The number of nitrogens with one attached hydrogen (secondary N) is 2. The first-order valence-corrected chi connectivity index (χ1v) is 12.2. The van der Waals surface area contributed by atoms with Gasteiger partial charge in [0, 0.05) is 12.1 Å². The normalized spacial score (nSPS) is 17.7. The molecule has 0 radical (unpaired) electrons. The molecule has 12 nitrogen and oxygen atoms in total. The summed E-state index contributed by atoms with van der Waals surface area (Å²) in [4.78, 5) is 28.5. The predicted octanol–water partition coefficient (Wildman–Crippen LogP) is 1.86. The lowest BCUT2D eigenvalue weighted by Gasteiger charge is -2.31. The SMILES string of the molecule is O=c1[nH]c(=O)n(-c2cc(Cl)c(Oc3cc(S(=O)(=O)N[C@H]4C[C@H](O)C4)c(O)cn3)c(Cl)c2)nc1C(F)F. The Balaban J connectivity index is 1.66. The van der Waals surface area contributed by atoms with Crippen molar-refractivity contribution in [2.75, 3.05) is 0 Å². The molecule has 4 N–H and O–H groups in total. The highest BCUT2D eigenvalue weighted by Crippen LogP contribution is 2.38. The van der Waals surface area contributed by atoms with Crippen LogP contribution in [0.5, 0.6) is 17.4 Å². The summed E-state index contributed by atoms with van der Waals surface area (Å²) in [7, 11) is -4.21. The minimum Gasteiger partial charge on any atom is -0.505 e. The first-order chi connectivity index (χ1) is 16.9. The van der Waals surface area contributed by atoms with E-state index in [4.69, 9.17) is 27.9 Å². The molecule has 0 atom stereocenters. The van der Waals surface area contributed by atoms with Crippen molar-refractivity contribution in [2.45, 2.75) is 36.3 Å². The number of pyridine rings is 1. The van der Waals surface area contributed by atoms with Crippen LogP contribution < -0.4 is 20.7 Å². The first-order valence-electron chi connectivity index (χ1n) is 9.94. The Morgan fingerprint density at radius 3 is 2.42 bits per heavy atom. The standard InChI is InChI=1S/C19H15Cl2F2N5O7S/c20-10-3-8(28-19(32)25-18(31)15(26-28)17(22)23)4-11(21)16(10)35-14-5-13(12(30)6-24-14)36(33,34)27-7-1-9(29)2-7/h3-7,9,17,27,29-30H,1-2H2,(H,25,31,32)/t7-,9-. The second kappa shape index (κ2) is 9.74. The van der Waals surface area contributed by atoms with Gasteiger partial charge in [-0.3, -0.25) is 9.78 Å². The molecule has 4 rings (SSSR count).